The average molecular weight is 644 g/mol. The van der Waals surface area contributed by atoms with Crippen LogP contribution >= 0.6 is 0 Å². The van der Waals surface area contributed by atoms with Crippen LogP contribution in [-0.2, 0) is 0 Å². The lowest BCUT2D eigenvalue weighted by Crippen LogP contribution is -2.47. The van der Waals surface area contributed by atoms with Gasteiger partial charge in [-0.05, 0) is 24.3 Å². The van der Waals surface area contributed by atoms with Crippen molar-refractivity contribution < 1.29 is 75.2 Å². The Balaban J connectivity index is 1.97. The summed E-state index contributed by atoms with van der Waals surface area (Å²) in [6.45, 7) is 0. The molecule has 5 aromatic carbocycles. The molecule has 0 amide bonds. The first-order valence-corrected chi connectivity index (χ1v) is 11.3. The third-order valence-corrected chi connectivity index (χ3v) is 6.20. The zero-order chi connectivity index (χ0) is 32.5. The van der Waals surface area contributed by atoms with Gasteiger partial charge >= 0.3 is 7.12 Å². The fraction of sp³-hybridized carbons (Fsp3) is 0. The van der Waals surface area contributed by atoms with Crippen LogP contribution in [0.4, 0.5) is 65.9 Å². The summed E-state index contributed by atoms with van der Waals surface area (Å²) in [5, 5.41) is -8.74. The van der Waals surface area contributed by atoms with E-state index in [4.69, 9.17) is 0 Å². The van der Waals surface area contributed by atoms with Crippen molar-refractivity contribution >= 4 is 34.1 Å². The maximum atomic E-state index is 15.8. The van der Waals surface area contributed by atoms with E-state index in [1.807, 2.05) is 0 Å². The van der Waals surface area contributed by atoms with Gasteiger partial charge in [-0.25, -0.2) is 57.1 Å². The van der Waals surface area contributed by atoms with Crippen LogP contribution in [0.3, 0.4) is 0 Å². The lowest BCUT2D eigenvalue weighted by molar-refractivity contribution is 0.357. The minimum atomic E-state index is -3.51. The molecule has 5 aromatic rings. The molecular weight excluding hydrogens is 640 g/mol. The van der Waals surface area contributed by atoms with E-state index in [0.29, 0.717) is 0 Å². The number of fused-ring (bicyclic) bond motifs is 2. The highest BCUT2D eigenvalue weighted by atomic mass is 19.2. The maximum Gasteiger partial charge on any atom is 0.636 e. The van der Waals surface area contributed by atoms with Gasteiger partial charge < -0.3 is 9.31 Å². The highest BCUT2D eigenvalue weighted by molar-refractivity contribution is 6.66. The summed E-state index contributed by atoms with van der Waals surface area (Å²) in [7, 11) is -3.51. The fourth-order valence-corrected chi connectivity index (χ4v) is 4.22. The van der Waals surface area contributed by atoms with Gasteiger partial charge in [-0.1, -0.05) is 0 Å². The molecule has 2 nitrogen and oxygen atoms in total. The van der Waals surface area contributed by atoms with Crippen molar-refractivity contribution in [1.29, 1.82) is 0 Å². The van der Waals surface area contributed by atoms with E-state index < -0.39 is 133 Å². The van der Waals surface area contributed by atoms with E-state index in [1.165, 1.54) is 0 Å². The summed E-state index contributed by atoms with van der Waals surface area (Å²) in [6.07, 6.45) is 0. The quantitative estimate of drug-likeness (QED) is 0.0637. The van der Waals surface area contributed by atoms with Crippen LogP contribution < -0.4 is 14.8 Å². The molecule has 0 aliphatic carbocycles. The maximum absolute atomic E-state index is 15.8. The van der Waals surface area contributed by atoms with Crippen molar-refractivity contribution in [2.24, 2.45) is 0 Å². The summed E-state index contributed by atoms with van der Waals surface area (Å²) in [5.74, 6) is -40.9. The van der Waals surface area contributed by atoms with Gasteiger partial charge in [0.05, 0.1) is 21.6 Å². The number of rotatable bonds is 5. The molecule has 228 valence electrons. The van der Waals surface area contributed by atoms with E-state index in [2.05, 4.69) is 9.31 Å². The molecule has 0 saturated carbocycles. The second kappa shape index (κ2) is 10.7. The smallest absolute Gasteiger partial charge is 0.518 e. The van der Waals surface area contributed by atoms with E-state index in [1.54, 1.807) is 0 Å². The van der Waals surface area contributed by atoms with Crippen LogP contribution in [0.15, 0.2) is 24.3 Å². The van der Waals surface area contributed by atoms with Gasteiger partial charge in [0.2, 0.25) is 11.6 Å². The highest BCUT2D eigenvalue weighted by Gasteiger charge is 2.42. The number of benzene rings is 5. The normalized spacial score (nSPS) is 11.5. The Morgan fingerprint density at radius 3 is 1.05 bits per heavy atom. The van der Waals surface area contributed by atoms with E-state index in [9.17, 15) is 52.7 Å². The highest BCUT2D eigenvalue weighted by Crippen LogP contribution is 2.39. The van der Waals surface area contributed by atoms with Crippen LogP contribution in [0.1, 0.15) is 0 Å². The Hall–Kier alpha value is -4.77. The molecule has 0 aliphatic rings. The van der Waals surface area contributed by atoms with Gasteiger partial charge in [0.15, 0.2) is 75.5 Å². The predicted molar refractivity (Wildman–Crippen MR) is 120 cm³/mol. The van der Waals surface area contributed by atoms with Crippen LogP contribution in [-0.4, -0.2) is 7.12 Å². The van der Waals surface area contributed by atoms with E-state index in [0.717, 1.165) is 0 Å². The molecule has 0 N–H and O–H groups in total. The third kappa shape index (κ3) is 4.41. The van der Waals surface area contributed by atoms with Gasteiger partial charge in [0, 0.05) is 5.39 Å². The summed E-state index contributed by atoms with van der Waals surface area (Å²) in [4.78, 5) is 0. The monoisotopic (exact) mass is 644 g/mol. The van der Waals surface area contributed by atoms with Crippen molar-refractivity contribution in [2.75, 3.05) is 0 Å². The molecule has 0 fully saturated rings. The number of halogens is 15. The van der Waals surface area contributed by atoms with Gasteiger partial charge in [-0.2, -0.15) is 8.78 Å². The van der Waals surface area contributed by atoms with Crippen LogP contribution in [0.25, 0.3) is 21.5 Å². The lowest BCUT2D eigenvalue weighted by atomic mass is 9.74. The molecule has 44 heavy (non-hydrogen) atoms. The molecule has 0 unspecified atom stereocenters. The summed E-state index contributed by atoms with van der Waals surface area (Å²) in [6, 6.07) is 0.576. The van der Waals surface area contributed by atoms with Crippen molar-refractivity contribution in [2.45, 2.75) is 0 Å². The summed E-state index contributed by atoms with van der Waals surface area (Å²) < 4.78 is 228. The molecule has 0 saturated heterocycles. The Bertz CT molecular complexity index is 1990. The van der Waals surface area contributed by atoms with Crippen LogP contribution in [0, 0.1) is 87.3 Å². The van der Waals surface area contributed by atoms with Crippen molar-refractivity contribution in [3.8, 4) is 11.5 Å². The number of hydrogen-bond donors (Lipinski definition) is 0. The molecule has 0 spiro atoms. The largest absolute Gasteiger partial charge is 0.636 e. The molecule has 18 heteroatoms. The summed E-state index contributed by atoms with van der Waals surface area (Å²) in [5.41, 5.74) is -2.19. The first kappa shape index (κ1) is 30.7. The third-order valence-electron chi connectivity index (χ3n) is 6.20. The number of hydrogen-bond acceptors (Lipinski definition) is 2. The van der Waals surface area contributed by atoms with Crippen molar-refractivity contribution in [1.82, 2.24) is 0 Å². The Morgan fingerprint density at radius 1 is 0.318 bits per heavy atom. The predicted octanol–water partition coefficient (Wildman–Crippen LogP) is 7.93. The first-order valence-electron chi connectivity index (χ1n) is 11.3. The van der Waals surface area contributed by atoms with E-state index in [-0.39, 0.29) is 24.3 Å². The zero-order valence-electron chi connectivity index (χ0n) is 20.4. The minimum Gasteiger partial charge on any atom is -0.518 e. The first-order chi connectivity index (χ1) is 20.6. The Morgan fingerprint density at radius 2 is 0.636 bits per heavy atom. The molecule has 0 heterocycles. The fourth-order valence-electron chi connectivity index (χ4n) is 4.22. The Kier molecular flexibility index (Phi) is 7.49. The van der Waals surface area contributed by atoms with Gasteiger partial charge in [-0.15, -0.1) is 0 Å². The molecule has 0 bridgehead atoms. The van der Waals surface area contributed by atoms with Gasteiger partial charge in [0.25, 0.3) is 0 Å². The van der Waals surface area contributed by atoms with Crippen LogP contribution in [0.2, 0.25) is 0 Å². The minimum absolute atomic E-state index is 0.136. The van der Waals surface area contributed by atoms with Crippen molar-refractivity contribution in [3.05, 3.63) is 112 Å². The molecular formula is C26H4BF15O2. The average Bonchev–Trinajstić information content (AvgIpc) is 2.98. The zero-order valence-corrected chi connectivity index (χ0v) is 20.4. The second-order valence-corrected chi connectivity index (χ2v) is 8.65. The Labute approximate surface area is 233 Å². The van der Waals surface area contributed by atoms with Crippen LogP contribution in [0.5, 0.6) is 11.5 Å². The van der Waals surface area contributed by atoms with E-state index >= 15 is 13.2 Å². The topological polar surface area (TPSA) is 18.5 Å². The second-order valence-electron chi connectivity index (χ2n) is 8.65. The van der Waals surface area contributed by atoms with Crippen molar-refractivity contribution in [3.63, 3.8) is 0 Å². The molecule has 0 aliphatic heterocycles. The SMILES string of the molecule is Fc1ccc(F)c(OB(Oc2c(F)ccc(F)c2F)c2c(F)c(F)c(F)c3c(F)c4c(F)c(F)c(F)c(F)c4c(F)c23)c1F. The molecule has 5 rings (SSSR count). The lowest BCUT2D eigenvalue weighted by Gasteiger charge is -2.22. The van der Waals surface area contributed by atoms with Gasteiger partial charge in [0.1, 0.15) is 11.6 Å². The van der Waals surface area contributed by atoms with Gasteiger partial charge in [-0.3, -0.25) is 0 Å². The summed E-state index contributed by atoms with van der Waals surface area (Å²) >= 11 is 0. The molecule has 0 aromatic heterocycles. The standard InChI is InChI=1S/C26H4BF15O2/c28-5-1-3-7(30)25(14(5)32)43-27(44-26-8(31)4-2-6(29)15(26)33)13-9-10(18(36)22(40)21(13)39)17(35)12-11(16(9)34)19(37)23(41)24(42)20(12)38/h1-4H. The molecule has 0 atom stereocenters. The molecule has 0 radical (unpaired) electrons.